The first kappa shape index (κ1) is 20.6. The molecule has 2 aromatic carbocycles. The molecular weight excluding hydrogens is 418 g/mol. The van der Waals surface area contributed by atoms with Crippen LogP contribution < -0.4 is 5.32 Å². The Hall–Kier alpha value is -3.29. The molecule has 0 saturated carbocycles. The molecular formula is C25H25N5OS. The van der Waals surface area contributed by atoms with Crippen molar-refractivity contribution in [2.45, 2.75) is 33.4 Å². The van der Waals surface area contributed by atoms with Crippen molar-refractivity contribution in [3.8, 4) is 5.69 Å². The van der Waals surface area contributed by atoms with E-state index >= 15 is 0 Å². The Kier molecular flexibility index (Phi) is 5.59. The zero-order valence-electron chi connectivity index (χ0n) is 18.2. The summed E-state index contributed by atoms with van der Waals surface area (Å²) in [6.45, 7) is 6.77. The minimum atomic E-state index is -0.142. The van der Waals surface area contributed by atoms with Gasteiger partial charge in [-0.1, -0.05) is 30.3 Å². The largest absolute Gasteiger partial charge is 0.298 e. The Bertz CT molecular complexity index is 1240. The van der Waals surface area contributed by atoms with E-state index in [-0.39, 0.29) is 5.91 Å². The number of amides is 1. The summed E-state index contributed by atoms with van der Waals surface area (Å²) in [6, 6.07) is 20.1. The lowest BCUT2D eigenvalue weighted by Gasteiger charge is -2.25. The number of carbonyl (C=O) groups excluding carboxylic acids is 1. The number of hydrogen-bond donors (Lipinski definition) is 1. The van der Waals surface area contributed by atoms with Crippen molar-refractivity contribution in [1.29, 1.82) is 0 Å². The Morgan fingerprint density at radius 2 is 1.88 bits per heavy atom. The lowest BCUT2D eigenvalue weighted by molar-refractivity contribution is 0.102. The molecule has 1 N–H and O–H groups in total. The molecule has 32 heavy (non-hydrogen) atoms. The zero-order chi connectivity index (χ0) is 22.1. The van der Waals surface area contributed by atoms with Crippen molar-refractivity contribution in [1.82, 2.24) is 19.7 Å². The first-order valence-electron chi connectivity index (χ1n) is 10.7. The lowest BCUT2D eigenvalue weighted by atomic mass is 10.1. The van der Waals surface area contributed by atoms with Crippen molar-refractivity contribution in [2.24, 2.45) is 0 Å². The van der Waals surface area contributed by atoms with Crippen LogP contribution in [0.1, 0.15) is 37.9 Å². The molecule has 1 aliphatic rings. The Morgan fingerprint density at radius 1 is 1.09 bits per heavy atom. The molecule has 0 atom stereocenters. The number of benzene rings is 2. The second-order valence-corrected chi connectivity index (χ2v) is 9.26. The summed E-state index contributed by atoms with van der Waals surface area (Å²) >= 11 is 1.58. The lowest BCUT2D eigenvalue weighted by Crippen LogP contribution is -2.29. The zero-order valence-corrected chi connectivity index (χ0v) is 19.0. The van der Waals surface area contributed by atoms with Gasteiger partial charge in [-0.3, -0.25) is 15.0 Å². The van der Waals surface area contributed by atoms with Crippen LogP contribution in [0.15, 0.2) is 60.7 Å². The molecule has 0 fully saturated rings. The van der Waals surface area contributed by atoms with E-state index in [0.717, 1.165) is 48.8 Å². The SMILES string of the molecule is Cc1cc(C)n(-c2ccc(C(=O)Nc3nc4c(s3)CN(Cc3ccccc3)CC4)cc2)n1. The number of carbonyl (C=O) groups is 1. The van der Waals surface area contributed by atoms with Crippen LogP contribution in [-0.4, -0.2) is 32.1 Å². The van der Waals surface area contributed by atoms with Crippen LogP contribution in [0.5, 0.6) is 0 Å². The van der Waals surface area contributed by atoms with Crippen molar-refractivity contribution in [3.63, 3.8) is 0 Å². The maximum atomic E-state index is 12.8. The molecule has 0 unspecified atom stereocenters. The molecule has 0 saturated heterocycles. The quantitative estimate of drug-likeness (QED) is 0.483. The number of rotatable bonds is 5. The molecule has 6 nitrogen and oxygen atoms in total. The second kappa shape index (κ2) is 8.68. The predicted molar refractivity (Wildman–Crippen MR) is 127 cm³/mol. The van der Waals surface area contributed by atoms with E-state index < -0.39 is 0 Å². The number of anilines is 1. The number of aryl methyl sites for hydroxylation is 2. The van der Waals surface area contributed by atoms with Gasteiger partial charge in [0, 0.05) is 42.2 Å². The average molecular weight is 444 g/mol. The molecule has 1 aliphatic heterocycles. The van der Waals surface area contributed by atoms with Gasteiger partial charge in [-0.2, -0.15) is 5.10 Å². The van der Waals surface area contributed by atoms with Crippen LogP contribution in [0.2, 0.25) is 0 Å². The fraction of sp³-hybridized carbons (Fsp3) is 0.240. The van der Waals surface area contributed by atoms with Gasteiger partial charge in [-0.15, -0.1) is 11.3 Å². The highest BCUT2D eigenvalue weighted by Gasteiger charge is 2.21. The number of nitrogens with zero attached hydrogens (tertiary/aromatic N) is 4. The molecule has 0 spiro atoms. The summed E-state index contributed by atoms with van der Waals surface area (Å²) in [4.78, 5) is 21.1. The third-order valence-corrected chi connectivity index (χ3v) is 6.66. The van der Waals surface area contributed by atoms with E-state index in [0.29, 0.717) is 10.7 Å². The molecule has 5 rings (SSSR count). The van der Waals surface area contributed by atoms with Gasteiger partial charge in [0.25, 0.3) is 5.91 Å². The standard InChI is InChI=1S/C25H25N5OS/c1-17-14-18(2)30(28-17)21-10-8-20(9-11-21)24(31)27-25-26-22-12-13-29(16-23(22)32-25)15-19-6-4-3-5-7-19/h3-11,14H,12-13,15-16H2,1-2H3,(H,26,27,31). The Balaban J connectivity index is 1.24. The molecule has 0 aliphatic carbocycles. The minimum absolute atomic E-state index is 0.142. The van der Waals surface area contributed by atoms with E-state index in [1.165, 1.54) is 10.4 Å². The van der Waals surface area contributed by atoms with Gasteiger partial charge in [0.1, 0.15) is 0 Å². The van der Waals surface area contributed by atoms with Crippen LogP contribution in [-0.2, 0) is 19.5 Å². The van der Waals surface area contributed by atoms with Gasteiger partial charge in [-0.25, -0.2) is 9.67 Å². The van der Waals surface area contributed by atoms with Crippen molar-refractivity contribution in [3.05, 3.63) is 93.7 Å². The molecule has 3 heterocycles. The van der Waals surface area contributed by atoms with Gasteiger partial charge in [-0.05, 0) is 49.7 Å². The highest BCUT2D eigenvalue weighted by Crippen LogP contribution is 2.29. The third-order valence-electron chi connectivity index (χ3n) is 5.66. The summed E-state index contributed by atoms with van der Waals surface area (Å²) in [5.74, 6) is -0.142. The number of fused-ring (bicyclic) bond motifs is 1. The summed E-state index contributed by atoms with van der Waals surface area (Å²) in [5, 5.41) is 8.15. The molecule has 1 amide bonds. The van der Waals surface area contributed by atoms with E-state index in [1.807, 2.05) is 54.9 Å². The van der Waals surface area contributed by atoms with Gasteiger partial charge in [0.15, 0.2) is 5.13 Å². The fourth-order valence-electron chi connectivity index (χ4n) is 4.09. The van der Waals surface area contributed by atoms with E-state index in [4.69, 9.17) is 0 Å². The van der Waals surface area contributed by atoms with E-state index in [9.17, 15) is 4.79 Å². The average Bonchev–Trinajstić information content (AvgIpc) is 3.35. The van der Waals surface area contributed by atoms with Crippen LogP contribution in [0, 0.1) is 13.8 Å². The third kappa shape index (κ3) is 4.35. The molecule has 0 radical (unpaired) electrons. The number of hydrogen-bond acceptors (Lipinski definition) is 5. The summed E-state index contributed by atoms with van der Waals surface area (Å²) in [5.41, 5.74) is 6.01. The van der Waals surface area contributed by atoms with Crippen LogP contribution >= 0.6 is 11.3 Å². The monoisotopic (exact) mass is 443 g/mol. The molecule has 162 valence electrons. The Labute approximate surface area is 191 Å². The molecule has 7 heteroatoms. The number of thiazole rings is 1. The highest BCUT2D eigenvalue weighted by molar-refractivity contribution is 7.15. The van der Waals surface area contributed by atoms with Gasteiger partial charge >= 0.3 is 0 Å². The smallest absolute Gasteiger partial charge is 0.257 e. The molecule has 0 bridgehead atoms. The van der Waals surface area contributed by atoms with E-state index in [1.54, 1.807) is 11.3 Å². The van der Waals surface area contributed by atoms with E-state index in [2.05, 4.69) is 44.6 Å². The number of nitrogens with one attached hydrogen (secondary N) is 1. The molecule has 4 aromatic rings. The predicted octanol–water partition coefficient (Wildman–Crippen LogP) is 4.76. The van der Waals surface area contributed by atoms with Crippen molar-refractivity contribution >= 4 is 22.4 Å². The minimum Gasteiger partial charge on any atom is -0.298 e. The van der Waals surface area contributed by atoms with Gasteiger partial charge in [0.05, 0.1) is 17.1 Å². The first-order valence-corrected chi connectivity index (χ1v) is 11.6. The summed E-state index contributed by atoms with van der Waals surface area (Å²) in [7, 11) is 0. The highest BCUT2D eigenvalue weighted by atomic mass is 32.1. The maximum absolute atomic E-state index is 12.8. The van der Waals surface area contributed by atoms with Gasteiger partial charge < -0.3 is 0 Å². The maximum Gasteiger partial charge on any atom is 0.257 e. The van der Waals surface area contributed by atoms with Crippen LogP contribution in [0.3, 0.4) is 0 Å². The second-order valence-electron chi connectivity index (χ2n) is 8.18. The van der Waals surface area contributed by atoms with Crippen molar-refractivity contribution < 1.29 is 4.79 Å². The summed E-state index contributed by atoms with van der Waals surface area (Å²) in [6.07, 6.45) is 0.909. The van der Waals surface area contributed by atoms with Gasteiger partial charge in [0.2, 0.25) is 0 Å². The topological polar surface area (TPSA) is 63.1 Å². The van der Waals surface area contributed by atoms with Crippen molar-refractivity contribution in [2.75, 3.05) is 11.9 Å². The summed E-state index contributed by atoms with van der Waals surface area (Å²) < 4.78 is 1.88. The van der Waals surface area contributed by atoms with Crippen LogP contribution in [0.4, 0.5) is 5.13 Å². The number of aromatic nitrogens is 3. The normalized spacial score (nSPS) is 13.7. The first-order chi connectivity index (χ1) is 15.5. The Morgan fingerprint density at radius 3 is 2.59 bits per heavy atom. The molecule has 2 aromatic heterocycles. The van der Waals surface area contributed by atoms with Crippen LogP contribution in [0.25, 0.3) is 5.69 Å². The fourth-order valence-corrected chi connectivity index (χ4v) is 5.14.